The normalized spacial score (nSPS) is 12.6. The molecule has 1 unspecified atom stereocenters. The Kier molecular flexibility index (Phi) is 7.59. The first-order chi connectivity index (χ1) is 7.86. The Morgan fingerprint density at radius 2 is 1.71 bits per heavy atom. The molecule has 99 valence electrons. The topological polar surface area (TPSA) is 60.3 Å². The van der Waals surface area contributed by atoms with Gasteiger partial charge in [0, 0.05) is 25.9 Å². The van der Waals surface area contributed by atoms with Gasteiger partial charge in [0.2, 0.25) is 11.8 Å². The standard InChI is InChI=1S/C13H25N2O2/c1-9(2)6-11(13(17)14-5)7-12(16)15-8-10(3)4/h9-11H,6-8H2,1-5H3,(H,14,17). The first-order valence-corrected chi connectivity index (χ1v) is 6.28. The lowest BCUT2D eigenvalue weighted by Crippen LogP contribution is -2.32. The summed E-state index contributed by atoms with van der Waals surface area (Å²) in [5, 5.41) is 6.58. The van der Waals surface area contributed by atoms with Crippen LogP contribution in [0.25, 0.3) is 0 Å². The van der Waals surface area contributed by atoms with Crippen molar-refractivity contribution in [3.05, 3.63) is 0 Å². The van der Waals surface area contributed by atoms with Gasteiger partial charge >= 0.3 is 0 Å². The van der Waals surface area contributed by atoms with E-state index in [4.69, 9.17) is 0 Å². The van der Waals surface area contributed by atoms with E-state index in [0.717, 1.165) is 6.42 Å². The zero-order valence-electron chi connectivity index (χ0n) is 11.6. The molecule has 1 radical (unpaired) electrons. The third-order valence-corrected chi connectivity index (χ3v) is 2.43. The van der Waals surface area contributed by atoms with E-state index in [1.807, 2.05) is 27.7 Å². The van der Waals surface area contributed by atoms with Crippen LogP contribution in [0.15, 0.2) is 0 Å². The van der Waals surface area contributed by atoms with Gasteiger partial charge in [-0.05, 0) is 18.3 Å². The number of carbonyl (C=O) groups excluding carboxylic acids is 2. The molecule has 17 heavy (non-hydrogen) atoms. The molecule has 0 saturated carbocycles. The van der Waals surface area contributed by atoms with E-state index in [1.165, 1.54) is 0 Å². The minimum atomic E-state index is -0.247. The van der Waals surface area contributed by atoms with E-state index >= 15 is 0 Å². The van der Waals surface area contributed by atoms with Crippen LogP contribution in [0.5, 0.6) is 0 Å². The highest BCUT2D eigenvalue weighted by Gasteiger charge is 2.22. The number of amides is 2. The summed E-state index contributed by atoms with van der Waals surface area (Å²) in [5.41, 5.74) is 0. The van der Waals surface area contributed by atoms with Crippen LogP contribution >= 0.6 is 0 Å². The molecular formula is C13H25N2O2. The molecule has 1 N–H and O–H groups in total. The number of hydrogen-bond donors (Lipinski definition) is 1. The molecular weight excluding hydrogens is 216 g/mol. The molecule has 0 aliphatic rings. The van der Waals surface area contributed by atoms with Gasteiger partial charge in [-0.25, -0.2) is 0 Å². The van der Waals surface area contributed by atoms with Crippen molar-refractivity contribution in [2.45, 2.75) is 40.5 Å². The van der Waals surface area contributed by atoms with Crippen LogP contribution in [0.3, 0.4) is 0 Å². The Bertz CT molecular complexity index is 250. The molecule has 0 rings (SSSR count). The minimum Gasteiger partial charge on any atom is -0.359 e. The maximum Gasteiger partial charge on any atom is 0.241 e. The van der Waals surface area contributed by atoms with Gasteiger partial charge in [0.1, 0.15) is 0 Å². The summed E-state index contributed by atoms with van der Waals surface area (Å²) in [4.78, 5) is 23.2. The Labute approximate surface area is 105 Å². The molecule has 0 aliphatic carbocycles. The van der Waals surface area contributed by atoms with E-state index in [-0.39, 0.29) is 24.2 Å². The van der Waals surface area contributed by atoms with Crippen molar-refractivity contribution in [3.8, 4) is 0 Å². The van der Waals surface area contributed by atoms with Crippen molar-refractivity contribution in [2.75, 3.05) is 13.6 Å². The van der Waals surface area contributed by atoms with Crippen LogP contribution in [0.4, 0.5) is 0 Å². The molecule has 0 aromatic heterocycles. The molecule has 0 aromatic carbocycles. The van der Waals surface area contributed by atoms with Crippen molar-refractivity contribution >= 4 is 11.8 Å². The average molecular weight is 241 g/mol. The molecule has 0 fully saturated rings. The Morgan fingerprint density at radius 3 is 2.12 bits per heavy atom. The summed E-state index contributed by atoms with van der Waals surface area (Å²) >= 11 is 0. The fourth-order valence-corrected chi connectivity index (χ4v) is 1.62. The van der Waals surface area contributed by atoms with Gasteiger partial charge in [0.05, 0.1) is 0 Å². The highest BCUT2D eigenvalue weighted by Crippen LogP contribution is 2.15. The lowest BCUT2D eigenvalue weighted by atomic mass is 9.93. The lowest BCUT2D eigenvalue weighted by molar-refractivity contribution is -0.130. The molecule has 0 spiro atoms. The van der Waals surface area contributed by atoms with Crippen LogP contribution in [-0.4, -0.2) is 25.4 Å². The smallest absolute Gasteiger partial charge is 0.241 e. The van der Waals surface area contributed by atoms with Crippen molar-refractivity contribution in [2.24, 2.45) is 17.8 Å². The van der Waals surface area contributed by atoms with E-state index in [2.05, 4.69) is 10.6 Å². The summed E-state index contributed by atoms with van der Waals surface area (Å²) < 4.78 is 0. The van der Waals surface area contributed by atoms with Gasteiger partial charge in [-0.15, -0.1) is 0 Å². The summed E-state index contributed by atoms with van der Waals surface area (Å²) in [6.45, 7) is 8.67. The first-order valence-electron chi connectivity index (χ1n) is 6.28. The number of carbonyl (C=O) groups is 2. The van der Waals surface area contributed by atoms with Gasteiger partial charge in [-0.3, -0.25) is 14.9 Å². The zero-order chi connectivity index (χ0) is 13.4. The second-order valence-electron chi connectivity index (χ2n) is 5.27. The van der Waals surface area contributed by atoms with Crippen molar-refractivity contribution < 1.29 is 9.59 Å². The fourth-order valence-electron chi connectivity index (χ4n) is 1.62. The Balaban J connectivity index is 4.22. The van der Waals surface area contributed by atoms with E-state index in [1.54, 1.807) is 7.05 Å². The minimum absolute atomic E-state index is 0.0632. The summed E-state index contributed by atoms with van der Waals surface area (Å²) in [6, 6.07) is 0. The van der Waals surface area contributed by atoms with Gasteiger partial charge in [0.25, 0.3) is 0 Å². The van der Waals surface area contributed by atoms with Crippen molar-refractivity contribution in [3.63, 3.8) is 0 Å². The molecule has 0 bridgehead atoms. The second-order valence-corrected chi connectivity index (χ2v) is 5.27. The maximum atomic E-state index is 11.6. The van der Waals surface area contributed by atoms with E-state index < -0.39 is 0 Å². The summed E-state index contributed by atoms with van der Waals surface area (Å²) in [6.07, 6.45) is 0.952. The van der Waals surface area contributed by atoms with Gasteiger partial charge in [0.15, 0.2) is 0 Å². The maximum absolute atomic E-state index is 11.6. The second kappa shape index (κ2) is 8.09. The average Bonchev–Trinajstić information content (AvgIpc) is 2.23. The molecule has 0 heterocycles. The van der Waals surface area contributed by atoms with Gasteiger partial charge in [-0.1, -0.05) is 27.7 Å². The molecule has 0 saturated heterocycles. The number of rotatable bonds is 7. The monoisotopic (exact) mass is 241 g/mol. The quantitative estimate of drug-likeness (QED) is 0.735. The van der Waals surface area contributed by atoms with E-state index in [9.17, 15) is 9.59 Å². The molecule has 1 atom stereocenters. The third kappa shape index (κ3) is 7.77. The van der Waals surface area contributed by atoms with Crippen molar-refractivity contribution in [1.29, 1.82) is 0 Å². The highest BCUT2D eigenvalue weighted by molar-refractivity contribution is 5.85. The largest absolute Gasteiger partial charge is 0.359 e. The van der Waals surface area contributed by atoms with E-state index in [0.29, 0.717) is 18.4 Å². The van der Waals surface area contributed by atoms with Crippen LogP contribution in [0.1, 0.15) is 40.5 Å². The number of hydrogen-bond acceptors (Lipinski definition) is 2. The molecule has 4 heteroatoms. The molecule has 0 aliphatic heterocycles. The summed E-state index contributed by atoms with van der Waals surface area (Å²) in [5.74, 6) is 0.306. The SMILES string of the molecule is CNC(=O)C(CC(=O)[N]CC(C)C)CC(C)C. The fraction of sp³-hybridized carbons (Fsp3) is 0.846. The number of nitrogens with one attached hydrogen (secondary N) is 1. The molecule has 4 nitrogen and oxygen atoms in total. The first kappa shape index (κ1) is 15.9. The highest BCUT2D eigenvalue weighted by atomic mass is 16.2. The predicted molar refractivity (Wildman–Crippen MR) is 68.5 cm³/mol. The number of nitrogens with zero attached hydrogens (tertiary/aromatic N) is 1. The van der Waals surface area contributed by atoms with Gasteiger partial charge < -0.3 is 5.32 Å². The van der Waals surface area contributed by atoms with Gasteiger partial charge in [-0.2, -0.15) is 0 Å². The van der Waals surface area contributed by atoms with Crippen LogP contribution < -0.4 is 10.6 Å². The van der Waals surface area contributed by atoms with Crippen LogP contribution in [0, 0.1) is 17.8 Å². The zero-order valence-corrected chi connectivity index (χ0v) is 11.6. The summed E-state index contributed by atoms with van der Waals surface area (Å²) in [7, 11) is 1.60. The Morgan fingerprint density at radius 1 is 1.12 bits per heavy atom. The molecule has 2 amide bonds. The predicted octanol–water partition coefficient (Wildman–Crippen LogP) is 1.57. The van der Waals surface area contributed by atoms with Crippen LogP contribution in [-0.2, 0) is 9.59 Å². The lowest BCUT2D eigenvalue weighted by Gasteiger charge is -2.16. The van der Waals surface area contributed by atoms with Crippen molar-refractivity contribution in [1.82, 2.24) is 10.6 Å². The Hall–Kier alpha value is -1.06. The molecule has 0 aromatic rings. The van der Waals surface area contributed by atoms with Crippen LogP contribution in [0.2, 0.25) is 0 Å². The third-order valence-electron chi connectivity index (χ3n) is 2.43.